The first-order valence-electron chi connectivity index (χ1n) is 6.18. The van der Waals surface area contributed by atoms with Crippen molar-refractivity contribution in [3.8, 4) is 0 Å². The Bertz CT molecular complexity index is 567. The van der Waals surface area contributed by atoms with Crippen LogP contribution in [0, 0.1) is 5.82 Å². The third kappa shape index (κ3) is 3.86. The van der Waals surface area contributed by atoms with Gasteiger partial charge in [-0.2, -0.15) is 5.10 Å². The number of hydrazone groups is 1. The molecule has 0 saturated heterocycles. The Morgan fingerprint density at radius 1 is 1.20 bits per heavy atom. The number of carbonyl (C=O) groups is 2. The maximum atomic E-state index is 13.5. The molecular weight excluding hydrogens is 329 g/mol. The summed E-state index contributed by atoms with van der Waals surface area (Å²) in [6.07, 6.45) is 3.77. The van der Waals surface area contributed by atoms with Crippen molar-refractivity contribution in [3.63, 3.8) is 0 Å². The molecule has 2 N–H and O–H groups in total. The lowest BCUT2D eigenvalue weighted by Gasteiger charge is -2.05. The van der Waals surface area contributed by atoms with E-state index in [-0.39, 0.29) is 5.69 Å². The number of halogens is 2. The standard InChI is InChI=1S/C13H13BrFN3O2/c14-8-5-6-11(10(15)7-8)16-12(19)13(20)18-17-9-3-1-2-4-9/h5-7H,1-4H2,(H,16,19)(H,18,20). The molecule has 1 aromatic carbocycles. The van der Waals surface area contributed by atoms with Gasteiger partial charge in [0.1, 0.15) is 5.82 Å². The largest absolute Gasteiger partial charge is 0.329 e. The van der Waals surface area contributed by atoms with Crippen LogP contribution in [0.15, 0.2) is 27.8 Å². The number of carbonyl (C=O) groups excluding carboxylic acids is 2. The molecule has 0 unspecified atom stereocenters. The fourth-order valence-electron chi connectivity index (χ4n) is 1.85. The van der Waals surface area contributed by atoms with Gasteiger partial charge in [-0.15, -0.1) is 0 Å². The maximum Gasteiger partial charge on any atom is 0.329 e. The van der Waals surface area contributed by atoms with E-state index >= 15 is 0 Å². The van der Waals surface area contributed by atoms with Crippen molar-refractivity contribution in [2.75, 3.05) is 5.32 Å². The smallest absolute Gasteiger partial charge is 0.315 e. The third-order valence-electron chi connectivity index (χ3n) is 2.88. The Balaban J connectivity index is 1.93. The Labute approximate surface area is 123 Å². The molecule has 20 heavy (non-hydrogen) atoms. The predicted molar refractivity (Wildman–Crippen MR) is 76.8 cm³/mol. The summed E-state index contributed by atoms with van der Waals surface area (Å²) < 4.78 is 14.0. The minimum atomic E-state index is -0.950. The minimum absolute atomic E-state index is 0.0538. The molecule has 0 atom stereocenters. The quantitative estimate of drug-likeness (QED) is 0.641. The number of nitrogens with zero attached hydrogens (tertiary/aromatic N) is 1. The Kier molecular flexibility index (Phi) is 4.84. The summed E-state index contributed by atoms with van der Waals surface area (Å²) in [7, 11) is 0. The number of nitrogens with one attached hydrogen (secondary N) is 2. The molecule has 1 fully saturated rings. The van der Waals surface area contributed by atoms with E-state index in [0.29, 0.717) is 4.47 Å². The van der Waals surface area contributed by atoms with Crippen molar-refractivity contribution in [1.82, 2.24) is 5.43 Å². The van der Waals surface area contributed by atoms with E-state index in [1.165, 1.54) is 12.1 Å². The average Bonchev–Trinajstić information content (AvgIpc) is 2.92. The molecule has 2 rings (SSSR count). The van der Waals surface area contributed by atoms with Crippen LogP contribution in [0.25, 0.3) is 0 Å². The predicted octanol–water partition coefficient (Wildman–Crippen LogP) is 2.57. The highest BCUT2D eigenvalue weighted by atomic mass is 79.9. The monoisotopic (exact) mass is 341 g/mol. The lowest BCUT2D eigenvalue weighted by Crippen LogP contribution is -2.33. The highest BCUT2D eigenvalue weighted by Gasteiger charge is 2.16. The summed E-state index contributed by atoms with van der Waals surface area (Å²) in [5.41, 5.74) is 3.00. The first kappa shape index (κ1) is 14.6. The molecule has 0 aliphatic heterocycles. The zero-order chi connectivity index (χ0) is 14.5. The van der Waals surface area contributed by atoms with Crippen molar-refractivity contribution < 1.29 is 14.0 Å². The summed E-state index contributed by atoms with van der Waals surface area (Å²) in [4.78, 5) is 23.1. The molecule has 1 aliphatic carbocycles. The highest BCUT2D eigenvalue weighted by Crippen LogP contribution is 2.19. The van der Waals surface area contributed by atoms with Crippen LogP contribution in [0.1, 0.15) is 25.7 Å². The number of hydrogen-bond donors (Lipinski definition) is 2. The van der Waals surface area contributed by atoms with Crippen molar-refractivity contribution in [1.29, 1.82) is 0 Å². The molecule has 106 valence electrons. The van der Waals surface area contributed by atoms with Crippen molar-refractivity contribution in [2.45, 2.75) is 25.7 Å². The Morgan fingerprint density at radius 3 is 2.55 bits per heavy atom. The molecule has 0 radical (unpaired) electrons. The van der Waals surface area contributed by atoms with Crippen LogP contribution in [0.2, 0.25) is 0 Å². The van der Waals surface area contributed by atoms with E-state index < -0.39 is 17.6 Å². The van der Waals surface area contributed by atoms with E-state index in [1.807, 2.05) is 0 Å². The van der Waals surface area contributed by atoms with Gasteiger partial charge in [0.15, 0.2) is 0 Å². The molecule has 1 aromatic rings. The molecule has 1 aliphatic rings. The van der Waals surface area contributed by atoms with Crippen LogP contribution < -0.4 is 10.7 Å². The zero-order valence-corrected chi connectivity index (χ0v) is 12.2. The summed E-state index contributed by atoms with van der Waals surface area (Å²) in [5.74, 6) is -2.48. The molecular formula is C13H13BrFN3O2. The number of anilines is 1. The van der Waals surface area contributed by atoms with Crippen LogP contribution in [-0.2, 0) is 9.59 Å². The van der Waals surface area contributed by atoms with E-state index in [1.54, 1.807) is 6.07 Å². The van der Waals surface area contributed by atoms with Crippen molar-refractivity contribution >= 4 is 39.1 Å². The van der Waals surface area contributed by atoms with Crippen LogP contribution in [0.4, 0.5) is 10.1 Å². The molecule has 0 heterocycles. The SMILES string of the molecule is O=C(NN=C1CCCC1)C(=O)Nc1ccc(Br)cc1F. The Hall–Kier alpha value is -1.76. The van der Waals surface area contributed by atoms with E-state index in [2.05, 4.69) is 31.8 Å². The van der Waals surface area contributed by atoms with E-state index in [4.69, 9.17) is 0 Å². The van der Waals surface area contributed by atoms with Gasteiger partial charge in [-0.3, -0.25) is 9.59 Å². The van der Waals surface area contributed by atoms with Gasteiger partial charge in [-0.25, -0.2) is 9.82 Å². The summed E-state index contributed by atoms with van der Waals surface area (Å²) in [5, 5.41) is 6.07. The maximum absolute atomic E-state index is 13.5. The lowest BCUT2D eigenvalue weighted by atomic mass is 10.3. The zero-order valence-electron chi connectivity index (χ0n) is 10.6. The molecule has 0 aromatic heterocycles. The molecule has 0 spiro atoms. The van der Waals surface area contributed by atoms with Crippen LogP contribution in [-0.4, -0.2) is 17.5 Å². The van der Waals surface area contributed by atoms with Gasteiger partial charge in [0, 0.05) is 10.2 Å². The van der Waals surface area contributed by atoms with Crippen LogP contribution in [0.3, 0.4) is 0 Å². The minimum Gasteiger partial charge on any atom is -0.315 e. The molecule has 1 saturated carbocycles. The highest BCUT2D eigenvalue weighted by molar-refractivity contribution is 9.10. The van der Waals surface area contributed by atoms with Crippen molar-refractivity contribution in [3.05, 3.63) is 28.5 Å². The van der Waals surface area contributed by atoms with Crippen molar-refractivity contribution in [2.24, 2.45) is 5.10 Å². The Morgan fingerprint density at radius 2 is 1.90 bits per heavy atom. The molecule has 5 nitrogen and oxygen atoms in total. The van der Waals surface area contributed by atoms with Crippen LogP contribution in [0.5, 0.6) is 0 Å². The fourth-order valence-corrected chi connectivity index (χ4v) is 2.18. The van der Waals surface area contributed by atoms with Gasteiger partial charge in [-0.05, 0) is 43.9 Å². The first-order chi connectivity index (χ1) is 9.56. The number of amides is 2. The lowest BCUT2D eigenvalue weighted by molar-refractivity contribution is -0.136. The molecule has 7 heteroatoms. The second-order valence-corrected chi connectivity index (χ2v) is 5.32. The average molecular weight is 342 g/mol. The van der Waals surface area contributed by atoms with Gasteiger partial charge >= 0.3 is 11.8 Å². The second kappa shape index (κ2) is 6.60. The normalized spacial score (nSPS) is 14.0. The molecule has 0 bridgehead atoms. The fraction of sp³-hybridized carbons (Fsp3) is 0.308. The number of benzene rings is 1. The number of hydrogen-bond acceptors (Lipinski definition) is 3. The summed E-state index contributed by atoms with van der Waals surface area (Å²) in [6, 6.07) is 4.13. The topological polar surface area (TPSA) is 70.6 Å². The second-order valence-electron chi connectivity index (χ2n) is 4.40. The third-order valence-corrected chi connectivity index (χ3v) is 3.38. The van der Waals surface area contributed by atoms with Gasteiger partial charge in [-0.1, -0.05) is 15.9 Å². The van der Waals surface area contributed by atoms with Gasteiger partial charge in [0.05, 0.1) is 5.69 Å². The molecule has 2 amide bonds. The number of rotatable bonds is 2. The van der Waals surface area contributed by atoms with E-state index in [0.717, 1.165) is 31.4 Å². The summed E-state index contributed by atoms with van der Waals surface area (Å²) in [6.45, 7) is 0. The van der Waals surface area contributed by atoms with Gasteiger partial charge < -0.3 is 5.32 Å². The van der Waals surface area contributed by atoms with Crippen LogP contribution >= 0.6 is 15.9 Å². The summed E-state index contributed by atoms with van der Waals surface area (Å²) >= 11 is 3.10. The van der Waals surface area contributed by atoms with Gasteiger partial charge in [0.2, 0.25) is 0 Å². The first-order valence-corrected chi connectivity index (χ1v) is 6.97. The van der Waals surface area contributed by atoms with E-state index in [9.17, 15) is 14.0 Å². The van der Waals surface area contributed by atoms with Gasteiger partial charge in [0.25, 0.3) is 0 Å².